The monoisotopic (exact) mass is 469 g/mol. The van der Waals surface area contributed by atoms with E-state index in [1.807, 2.05) is 34.9 Å². The van der Waals surface area contributed by atoms with E-state index in [0.717, 1.165) is 11.4 Å². The van der Waals surface area contributed by atoms with Crippen molar-refractivity contribution >= 4 is 35.0 Å². The Morgan fingerprint density at radius 1 is 1.19 bits per heavy atom. The predicted molar refractivity (Wildman–Crippen MR) is 123 cm³/mol. The summed E-state index contributed by atoms with van der Waals surface area (Å²) < 4.78 is 8.75. The maximum atomic E-state index is 12.7. The molecule has 0 aliphatic heterocycles. The molecule has 4 aromatic rings. The molecule has 32 heavy (non-hydrogen) atoms. The Morgan fingerprint density at radius 2 is 2.03 bits per heavy atom. The minimum absolute atomic E-state index is 0.142. The molecule has 0 fully saturated rings. The fraction of sp³-hybridized carbons (Fsp3) is 0.190. The Labute approximate surface area is 193 Å². The van der Waals surface area contributed by atoms with E-state index in [9.17, 15) is 4.79 Å². The predicted octanol–water partition coefficient (Wildman–Crippen LogP) is 3.56. The molecule has 0 aliphatic rings. The molecule has 1 amide bonds. The SMILES string of the molecule is COCCn1c(SCC(=O)Nc2cc(Cl)ccc2-n2cncn2)nnc1-c1ccccc1. The van der Waals surface area contributed by atoms with Crippen LogP contribution < -0.4 is 5.32 Å². The van der Waals surface area contributed by atoms with Crippen molar-refractivity contribution in [2.45, 2.75) is 11.7 Å². The number of nitrogens with zero attached hydrogens (tertiary/aromatic N) is 6. The van der Waals surface area contributed by atoms with E-state index in [1.165, 1.54) is 18.1 Å². The Morgan fingerprint density at radius 3 is 2.78 bits per heavy atom. The molecule has 11 heteroatoms. The fourth-order valence-electron chi connectivity index (χ4n) is 3.04. The van der Waals surface area contributed by atoms with Crippen LogP contribution in [0.25, 0.3) is 17.1 Å². The topological polar surface area (TPSA) is 99.8 Å². The number of aromatic nitrogens is 6. The summed E-state index contributed by atoms with van der Waals surface area (Å²) in [6, 6.07) is 15.0. The van der Waals surface area contributed by atoms with Crippen LogP contribution in [0.4, 0.5) is 5.69 Å². The molecule has 0 saturated carbocycles. The van der Waals surface area contributed by atoms with Gasteiger partial charge in [-0.25, -0.2) is 9.67 Å². The van der Waals surface area contributed by atoms with Gasteiger partial charge in [-0.1, -0.05) is 53.7 Å². The molecule has 9 nitrogen and oxygen atoms in total. The molecular formula is C21H20ClN7O2S. The van der Waals surface area contributed by atoms with Crippen molar-refractivity contribution in [2.24, 2.45) is 0 Å². The molecule has 0 aliphatic carbocycles. The van der Waals surface area contributed by atoms with Gasteiger partial charge in [-0.3, -0.25) is 9.36 Å². The van der Waals surface area contributed by atoms with Crippen LogP contribution in [-0.4, -0.2) is 54.9 Å². The summed E-state index contributed by atoms with van der Waals surface area (Å²) in [6.45, 7) is 1.07. The number of methoxy groups -OCH3 is 1. The van der Waals surface area contributed by atoms with E-state index in [0.29, 0.717) is 34.7 Å². The van der Waals surface area contributed by atoms with Crippen molar-refractivity contribution in [3.8, 4) is 17.1 Å². The van der Waals surface area contributed by atoms with Crippen LogP contribution in [0.5, 0.6) is 0 Å². The number of hydrogen-bond acceptors (Lipinski definition) is 7. The zero-order valence-electron chi connectivity index (χ0n) is 17.2. The zero-order valence-corrected chi connectivity index (χ0v) is 18.8. The lowest BCUT2D eigenvalue weighted by atomic mass is 10.2. The molecule has 4 rings (SSSR count). The van der Waals surface area contributed by atoms with Crippen LogP contribution in [0.15, 0.2) is 66.3 Å². The largest absolute Gasteiger partial charge is 0.383 e. The Bertz CT molecular complexity index is 1180. The molecule has 164 valence electrons. The van der Waals surface area contributed by atoms with Gasteiger partial charge in [0.15, 0.2) is 11.0 Å². The average molecular weight is 470 g/mol. The second-order valence-corrected chi connectivity index (χ2v) is 8.03. The fourth-order valence-corrected chi connectivity index (χ4v) is 3.97. The van der Waals surface area contributed by atoms with Crippen LogP contribution in [0.3, 0.4) is 0 Å². The van der Waals surface area contributed by atoms with Gasteiger partial charge < -0.3 is 10.1 Å². The maximum Gasteiger partial charge on any atom is 0.234 e. The Balaban J connectivity index is 1.49. The number of thioether (sulfide) groups is 1. The van der Waals surface area contributed by atoms with Gasteiger partial charge in [0.1, 0.15) is 12.7 Å². The standard InChI is InChI=1S/C21H20ClN7O2S/c1-31-10-9-28-20(15-5-3-2-4-6-15)26-27-21(28)32-12-19(30)25-17-11-16(22)7-8-18(17)29-14-23-13-24-29/h2-8,11,13-14H,9-10,12H2,1H3,(H,25,30). The number of benzene rings is 2. The van der Waals surface area contributed by atoms with E-state index in [4.69, 9.17) is 16.3 Å². The van der Waals surface area contributed by atoms with E-state index in [1.54, 1.807) is 36.3 Å². The summed E-state index contributed by atoms with van der Waals surface area (Å²) in [5.74, 6) is 0.665. The van der Waals surface area contributed by atoms with Crippen molar-refractivity contribution in [3.63, 3.8) is 0 Å². The highest BCUT2D eigenvalue weighted by Gasteiger charge is 2.16. The van der Waals surface area contributed by atoms with Crippen LogP contribution in [0.1, 0.15) is 0 Å². The first-order valence-electron chi connectivity index (χ1n) is 9.70. The second-order valence-electron chi connectivity index (χ2n) is 6.66. The minimum Gasteiger partial charge on any atom is -0.383 e. The maximum absolute atomic E-state index is 12.7. The smallest absolute Gasteiger partial charge is 0.234 e. The highest BCUT2D eigenvalue weighted by molar-refractivity contribution is 7.99. The van der Waals surface area contributed by atoms with E-state index < -0.39 is 0 Å². The molecule has 2 heterocycles. The molecule has 0 radical (unpaired) electrons. The third-order valence-electron chi connectivity index (χ3n) is 4.50. The number of nitrogens with one attached hydrogen (secondary N) is 1. The quantitative estimate of drug-likeness (QED) is 0.374. The molecule has 0 unspecified atom stereocenters. The lowest BCUT2D eigenvalue weighted by Crippen LogP contribution is -2.16. The summed E-state index contributed by atoms with van der Waals surface area (Å²) in [5.41, 5.74) is 2.16. The van der Waals surface area contributed by atoms with Gasteiger partial charge in [0.05, 0.1) is 30.3 Å². The van der Waals surface area contributed by atoms with Crippen molar-refractivity contribution in [3.05, 3.63) is 66.2 Å². The van der Waals surface area contributed by atoms with Crippen LogP contribution in [0.2, 0.25) is 5.02 Å². The van der Waals surface area contributed by atoms with Crippen LogP contribution >= 0.6 is 23.4 Å². The van der Waals surface area contributed by atoms with E-state index in [2.05, 4.69) is 25.6 Å². The van der Waals surface area contributed by atoms with Gasteiger partial charge in [-0.05, 0) is 18.2 Å². The first kappa shape index (κ1) is 22.0. The highest BCUT2D eigenvalue weighted by Crippen LogP contribution is 2.26. The number of anilines is 1. The van der Waals surface area contributed by atoms with Gasteiger partial charge >= 0.3 is 0 Å². The van der Waals surface area contributed by atoms with Crippen LogP contribution in [-0.2, 0) is 16.1 Å². The third kappa shape index (κ3) is 5.16. The average Bonchev–Trinajstić information content (AvgIpc) is 3.47. The number of carbonyl (C=O) groups is 1. The normalized spacial score (nSPS) is 10.9. The summed E-state index contributed by atoms with van der Waals surface area (Å²) in [6.07, 6.45) is 2.98. The Hall–Kier alpha value is -3.21. The van der Waals surface area contributed by atoms with Crippen molar-refractivity contribution in [1.82, 2.24) is 29.5 Å². The number of carbonyl (C=O) groups excluding carboxylic acids is 1. The van der Waals surface area contributed by atoms with Crippen molar-refractivity contribution in [1.29, 1.82) is 0 Å². The summed E-state index contributed by atoms with van der Waals surface area (Å²) in [4.78, 5) is 16.7. The van der Waals surface area contributed by atoms with Gasteiger partial charge in [0.25, 0.3) is 0 Å². The molecule has 0 saturated heterocycles. The molecule has 2 aromatic heterocycles. The molecule has 0 atom stereocenters. The van der Waals surface area contributed by atoms with Gasteiger partial charge in [0, 0.05) is 17.7 Å². The van der Waals surface area contributed by atoms with E-state index in [-0.39, 0.29) is 11.7 Å². The number of rotatable bonds is 9. The van der Waals surface area contributed by atoms with Gasteiger partial charge in [-0.15, -0.1) is 10.2 Å². The molecule has 2 aromatic carbocycles. The first-order chi connectivity index (χ1) is 15.7. The van der Waals surface area contributed by atoms with Gasteiger partial charge in [0.2, 0.25) is 5.91 Å². The first-order valence-corrected chi connectivity index (χ1v) is 11.1. The minimum atomic E-state index is -0.207. The lowest BCUT2D eigenvalue weighted by molar-refractivity contribution is -0.113. The number of amides is 1. The third-order valence-corrected chi connectivity index (χ3v) is 5.70. The molecular weight excluding hydrogens is 450 g/mol. The molecule has 0 spiro atoms. The second kappa shape index (κ2) is 10.4. The molecule has 1 N–H and O–H groups in total. The van der Waals surface area contributed by atoms with Crippen molar-refractivity contribution in [2.75, 3.05) is 24.8 Å². The van der Waals surface area contributed by atoms with Gasteiger partial charge in [-0.2, -0.15) is 5.10 Å². The summed E-state index contributed by atoms with van der Waals surface area (Å²) in [7, 11) is 1.64. The molecule has 0 bridgehead atoms. The Kier molecular flexibility index (Phi) is 7.15. The van der Waals surface area contributed by atoms with Crippen LogP contribution in [0, 0.1) is 0 Å². The van der Waals surface area contributed by atoms with Crippen molar-refractivity contribution < 1.29 is 9.53 Å². The summed E-state index contributed by atoms with van der Waals surface area (Å²) >= 11 is 7.43. The highest BCUT2D eigenvalue weighted by atomic mass is 35.5. The number of ether oxygens (including phenoxy) is 1. The lowest BCUT2D eigenvalue weighted by Gasteiger charge is -2.12. The number of halogens is 1. The summed E-state index contributed by atoms with van der Waals surface area (Å²) in [5, 5.41) is 16.8. The van der Waals surface area contributed by atoms with E-state index >= 15 is 0 Å². The number of hydrogen-bond donors (Lipinski definition) is 1. The zero-order chi connectivity index (χ0) is 22.3.